The lowest BCUT2D eigenvalue weighted by molar-refractivity contribution is -0.120. The van der Waals surface area contributed by atoms with Crippen LogP contribution in [0.25, 0.3) is 16.9 Å². The van der Waals surface area contributed by atoms with Crippen LogP contribution in [0.3, 0.4) is 0 Å². The Kier molecular flexibility index (Phi) is 6.35. The van der Waals surface area contributed by atoms with Gasteiger partial charge in [0, 0.05) is 36.6 Å². The zero-order chi connectivity index (χ0) is 22.7. The fraction of sp³-hybridized carbons (Fsp3) is 0.400. The highest BCUT2D eigenvalue weighted by molar-refractivity contribution is 6.01. The van der Waals surface area contributed by atoms with Gasteiger partial charge in [0.25, 0.3) is 0 Å². The van der Waals surface area contributed by atoms with Crippen LogP contribution in [0, 0.1) is 5.92 Å². The zero-order valence-electron chi connectivity index (χ0n) is 18.4. The van der Waals surface area contributed by atoms with E-state index >= 15 is 0 Å². The molecule has 1 aromatic carbocycles. The van der Waals surface area contributed by atoms with Crippen LogP contribution in [0.5, 0.6) is 0 Å². The molecule has 4 rings (SSSR count). The van der Waals surface area contributed by atoms with E-state index in [9.17, 15) is 13.6 Å². The number of fused-ring (bicyclic) bond motifs is 1. The normalized spacial score (nSPS) is 14.7. The summed E-state index contributed by atoms with van der Waals surface area (Å²) in [5.41, 5.74) is 5.34. The van der Waals surface area contributed by atoms with Gasteiger partial charge in [-0.2, -0.15) is 0 Å². The van der Waals surface area contributed by atoms with Gasteiger partial charge in [-0.15, -0.1) is 0 Å². The van der Waals surface area contributed by atoms with E-state index in [4.69, 9.17) is 4.84 Å². The van der Waals surface area contributed by atoms with Gasteiger partial charge < -0.3 is 4.84 Å². The molecule has 1 aliphatic rings. The van der Waals surface area contributed by atoms with Crippen LogP contribution in [0.4, 0.5) is 8.78 Å². The Morgan fingerprint density at radius 2 is 2.09 bits per heavy atom. The Morgan fingerprint density at radius 3 is 2.81 bits per heavy atom. The van der Waals surface area contributed by atoms with Crippen molar-refractivity contribution < 1.29 is 18.4 Å². The highest BCUT2D eigenvalue weighted by Crippen LogP contribution is 2.34. The molecule has 168 valence electrons. The average Bonchev–Trinajstić information content (AvgIpc) is 3.47. The molecule has 32 heavy (non-hydrogen) atoms. The predicted octanol–water partition coefficient (Wildman–Crippen LogP) is 5.70. The number of halogens is 2. The quantitative estimate of drug-likeness (QED) is 0.301. The van der Waals surface area contributed by atoms with Crippen molar-refractivity contribution in [1.82, 2.24) is 9.38 Å². The number of hydrogen-bond acceptors (Lipinski definition) is 4. The Morgan fingerprint density at radius 1 is 1.28 bits per heavy atom. The topological polar surface area (TPSA) is 56.0 Å². The van der Waals surface area contributed by atoms with Crippen LogP contribution < -0.4 is 0 Å². The number of aromatic nitrogens is 2. The lowest BCUT2D eigenvalue weighted by Crippen LogP contribution is -2.13. The van der Waals surface area contributed by atoms with Crippen molar-refractivity contribution in [2.45, 2.75) is 51.4 Å². The summed E-state index contributed by atoms with van der Waals surface area (Å²) in [6, 6.07) is 11.6. The van der Waals surface area contributed by atoms with Gasteiger partial charge in [-0.25, -0.2) is 13.8 Å². The predicted molar refractivity (Wildman–Crippen MR) is 120 cm³/mol. The minimum atomic E-state index is -2.82. The maximum atomic E-state index is 13.0. The molecule has 0 amide bonds. The lowest BCUT2D eigenvalue weighted by atomic mass is 10.0. The Labute approximate surface area is 186 Å². The van der Waals surface area contributed by atoms with E-state index in [1.54, 1.807) is 13.3 Å². The molecule has 3 aromatic rings. The van der Waals surface area contributed by atoms with Crippen LogP contribution in [-0.2, 0) is 16.1 Å². The second-order valence-corrected chi connectivity index (χ2v) is 8.64. The van der Waals surface area contributed by atoms with Crippen LogP contribution in [0.15, 0.2) is 53.9 Å². The van der Waals surface area contributed by atoms with Crippen molar-refractivity contribution in [2.24, 2.45) is 11.1 Å². The third kappa shape index (κ3) is 5.58. The van der Waals surface area contributed by atoms with E-state index in [1.165, 1.54) is 12.8 Å². The van der Waals surface area contributed by atoms with Gasteiger partial charge in [-0.1, -0.05) is 23.4 Å². The van der Waals surface area contributed by atoms with Crippen LogP contribution in [0.2, 0.25) is 0 Å². The van der Waals surface area contributed by atoms with Crippen molar-refractivity contribution in [3.05, 3.63) is 59.9 Å². The van der Waals surface area contributed by atoms with Crippen molar-refractivity contribution >= 4 is 17.1 Å². The zero-order valence-corrected chi connectivity index (χ0v) is 18.4. The molecule has 0 unspecified atom stereocenters. The number of oxime groups is 1. The number of pyridine rings is 1. The Balaban J connectivity index is 1.54. The first-order chi connectivity index (χ1) is 15.3. The number of ketones is 1. The van der Waals surface area contributed by atoms with Crippen LogP contribution in [-0.4, -0.2) is 33.9 Å². The molecule has 1 fully saturated rings. The van der Waals surface area contributed by atoms with Crippen molar-refractivity contribution in [2.75, 3.05) is 7.11 Å². The molecule has 0 aliphatic heterocycles. The van der Waals surface area contributed by atoms with E-state index in [0.717, 1.165) is 47.1 Å². The third-order valence-electron chi connectivity index (χ3n) is 5.69. The first-order valence-corrected chi connectivity index (χ1v) is 10.9. The fourth-order valence-electron chi connectivity index (χ4n) is 3.80. The summed E-state index contributed by atoms with van der Waals surface area (Å²) in [4.78, 5) is 21.7. The van der Waals surface area contributed by atoms with Gasteiger partial charge in [0.1, 0.15) is 18.5 Å². The maximum Gasteiger partial charge on any atom is 0.245 e. The maximum absolute atomic E-state index is 13.0. The van der Waals surface area contributed by atoms with E-state index in [0.29, 0.717) is 5.92 Å². The SMILES string of the molecule is CO/N=C(/CC1CC1)c1ccn2c(-c3cccc(CC(=O)CCC(C)(F)F)c3)cnc2c1. The number of carbonyl (C=O) groups is 1. The molecule has 5 nitrogen and oxygen atoms in total. The molecule has 1 saturated carbocycles. The molecule has 1 aliphatic carbocycles. The van der Waals surface area contributed by atoms with Gasteiger partial charge in [-0.05, 0) is 55.9 Å². The molecule has 2 heterocycles. The number of Topliss-reactive ketones (excluding diaryl/α,β-unsaturated/α-hetero) is 1. The standard InChI is InChI=1S/C25H27F2N3O2/c1-25(26,27)10-8-21(31)13-18-4-3-5-20(12-18)23-16-28-24-15-19(9-11-30(23)24)22(29-32-2)14-17-6-7-17/h3-5,9,11-12,15-17H,6-8,10,13-14H2,1-2H3/b29-22-. The number of nitrogens with zero attached hydrogens (tertiary/aromatic N) is 3. The molecule has 0 N–H and O–H groups in total. The van der Waals surface area contributed by atoms with E-state index < -0.39 is 12.3 Å². The van der Waals surface area contributed by atoms with Crippen LogP contribution >= 0.6 is 0 Å². The summed E-state index contributed by atoms with van der Waals surface area (Å²) in [5, 5.41) is 4.22. The van der Waals surface area contributed by atoms with E-state index in [1.807, 2.05) is 47.0 Å². The smallest absolute Gasteiger partial charge is 0.245 e. The summed E-state index contributed by atoms with van der Waals surface area (Å²) in [7, 11) is 1.56. The summed E-state index contributed by atoms with van der Waals surface area (Å²) in [6.07, 6.45) is 6.73. The minimum absolute atomic E-state index is 0.127. The van der Waals surface area contributed by atoms with Gasteiger partial charge in [0.15, 0.2) is 0 Å². The highest BCUT2D eigenvalue weighted by atomic mass is 19.3. The number of alkyl halides is 2. The van der Waals surface area contributed by atoms with Gasteiger partial charge in [-0.3, -0.25) is 9.20 Å². The Bertz CT molecular complexity index is 1140. The monoisotopic (exact) mass is 439 g/mol. The summed E-state index contributed by atoms with van der Waals surface area (Å²) < 4.78 is 28.0. The largest absolute Gasteiger partial charge is 0.399 e. The molecule has 0 radical (unpaired) electrons. The van der Waals surface area contributed by atoms with Gasteiger partial charge >= 0.3 is 0 Å². The first kappa shape index (κ1) is 22.1. The van der Waals surface area contributed by atoms with Crippen molar-refractivity contribution in [3.8, 4) is 11.3 Å². The highest BCUT2D eigenvalue weighted by Gasteiger charge is 2.25. The summed E-state index contributed by atoms with van der Waals surface area (Å²) >= 11 is 0. The molecule has 0 spiro atoms. The molecule has 0 saturated heterocycles. The molecule has 0 atom stereocenters. The number of rotatable bonds is 10. The third-order valence-corrected chi connectivity index (χ3v) is 5.69. The number of benzene rings is 1. The molecule has 0 bridgehead atoms. The van der Waals surface area contributed by atoms with Crippen LogP contribution in [0.1, 0.15) is 50.2 Å². The number of carbonyl (C=O) groups excluding carboxylic acids is 1. The van der Waals surface area contributed by atoms with Crippen molar-refractivity contribution in [3.63, 3.8) is 0 Å². The second-order valence-electron chi connectivity index (χ2n) is 8.64. The van der Waals surface area contributed by atoms with E-state index in [2.05, 4.69) is 10.1 Å². The molecule has 2 aromatic heterocycles. The average molecular weight is 440 g/mol. The Hall–Kier alpha value is -3.09. The number of hydrogen-bond donors (Lipinski definition) is 0. The number of imidazole rings is 1. The van der Waals surface area contributed by atoms with Gasteiger partial charge in [0.05, 0.1) is 17.6 Å². The molecular formula is C25H27F2N3O2. The summed E-state index contributed by atoms with van der Waals surface area (Å²) in [6.45, 7) is 0.840. The summed E-state index contributed by atoms with van der Waals surface area (Å²) in [5.74, 6) is -2.32. The molecule has 7 heteroatoms. The lowest BCUT2D eigenvalue weighted by Gasteiger charge is -2.10. The van der Waals surface area contributed by atoms with Crippen molar-refractivity contribution in [1.29, 1.82) is 0 Å². The fourth-order valence-corrected chi connectivity index (χ4v) is 3.80. The second kappa shape index (κ2) is 9.18. The minimum Gasteiger partial charge on any atom is -0.399 e. The van der Waals surface area contributed by atoms with E-state index in [-0.39, 0.29) is 18.6 Å². The molecular weight excluding hydrogens is 412 g/mol. The first-order valence-electron chi connectivity index (χ1n) is 10.9. The van der Waals surface area contributed by atoms with Gasteiger partial charge in [0.2, 0.25) is 5.92 Å².